The van der Waals surface area contributed by atoms with Crippen molar-refractivity contribution in [3.8, 4) is 6.07 Å². The summed E-state index contributed by atoms with van der Waals surface area (Å²) in [6, 6.07) is 2.42. The predicted molar refractivity (Wildman–Crippen MR) is 81.0 cm³/mol. The molecule has 2 rings (SSSR count). The Morgan fingerprint density at radius 2 is 2.25 bits per heavy atom. The van der Waals surface area contributed by atoms with Crippen molar-refractivity contribution in [1.29, 1.82) is 5.26 Å². The monoisotopic (exact) mass is 293 g/mol. The summed E-state index contributed by atoms with van der Waals surface area (Å²) in [5, 5.41) is 19.3. The zero-order valence-corrected chi connectivity index (χ0v) is 12.3. The molecule has 108 valence electrons. The van der Waals surface area contributed by atoms with Gasteiger partial charge in [-0.1, -0.05) is 0 Å². The molecule has 7 heteroatoms. The van der Waals surface area contributed by atoms with Crippen molar-refractivity contribution < 1.29 is 4.79 Å². The van der Waals surface area contributed by atoms with Gasteiger partial charge in [0.1, 0.15) is 21.5 Å². The van der Waals surface area contributed by atoms with Crippen molar-refractivity contribution in [1.82, 2.24) is 10.6 Å². The number of nitrogen functional groups attached to an aromatic ring is 1. The van der Waals surface area contributed by atoms with Gasteiger partial charge in [-0.25, -0.2) is 0 Å². The summed E-state index contributed by atoms with van der Waals surface area (Å²) in [7, 11) is 0. The van der Waals surface area contributed by atoms with E-state index in [0.29, 0.717) is 28.0 Å². The summed E-state index contributed by atoms with van der Waals surface area (Å²) >= 11 is 1.26. The standard InChI is InChI=1S/C13H19N5OS/c1-2-17-12(19)11-10(15)9(7-14)13(20-11)18-8-3-5-16-6-4-8/h8,16,18H,2-6,15H2,1H3,(H,17,19). The van der Waals surface area contributed by atoms with Crippen LogP contribution >= 0.6 is 11.3 Å². The molecule has 20 heavy (non-hydrogen) atoms. The molecule has 6 nitrogen and oxygen atoms in total. The first-order valence-corrected chi connectivity index (χ1v) is 7.56. The van der Waals surface area contributed by atoms with Crippen LogP contribution in [0.2, 0.25) is 0 Å². The lowest BCUT2D eigenvalue weighted by molar-refractivity contribution is 0.0960. The molecule has 1 aliphatic rings. The summed E-state index contributed by atoms with van der Waals surface area (Å²) in [4.78, 5) is 12.3. The molecule has 0 bridgehead atoms. The van der Waals surface area contributed by atoms with Crippen molar-refractivity contribution in [3.63, 3.8) is 0 Å². The van der Waals surface area contributed by atoms with E-state index in [4.69, 9.17) is 5.73 Å². The van der Waals surface area contributed by atoms with Crippen LogP contribution in [0.1, 0.15) is 35.0 Å². The molecule has 1 aliphatic heterocycles. The van der Waals surface area contributed by atoms with E-state index < -0.39 is 0 Å². The van der Waals surface area contributed by atoms with Gasteiger partial charge in [0.15, 0.2) is 0 Å². The van der Waals surface area contributed by atoms with Crippen LogP contribution in [0.3, 0.4) is 0 Å². The third kappa shape index (κ3) is 3.03. The Bertz CT molecular complexity index is 528. The Hall–Kier alpha value is -1.78. The van der Waals surface area contributed by atoms with Gasteiger partial charge in [-0.05, 0) is 32.9 Å². The van der Waals surface area contributed by atoms with E-state index in [9.17, 15) is 10.1 Å². The fourth-order valence-electron chi connectivity index (χ4n) is 2.22. The fraction of sp³-hybridized carbons (Fsp3) is 0.538. The summed E-state index contributed by atoms with van der Waals surface area (Å²) in [5.41, 5.74) is 6.59. The minimum absolute atomic E-state index is 0.218. The second-order valence-electron chi connectivity index (χ2n) is 4.69. The highest BCUT2D eigenvalue weighted by Crippen LogP contribution is 2.36. The third-order valence-electron chi connectivity index (χ3n) is 3.27. The number of thiophene rings is 1. The van der Waals surface area contributed by atoms with E-state index in [1.807, 2.05) is 6.92 Å². The molecule has 0 aromatic carbocycles. The number of carbonyl (C=O) groups is 1. The van der Waals surface area contributed by atoms with Gasteiger partial charge in [-0.15, -0.1) is 11.3 Å². The van der Waals surface area contributed by atoms with Crippen molar-refractivity contribution in [3.05, 3.63) is 10.4 Å². The zero-order chi connectivity index (χ0) is 14.5. The van der Waals surface area contributed by atoms with Gasteiger partial charge in [0, 0.05) is 12.6 Å². The van der Waals surface area contributed by atoms with Gasteiger partial charge in [-0.3, -0.25) is 4.79 Å². The summed E-state index contributed by atoms with van der Waals surface area (Å²) < 4.78 is 0. The van der Waals surface area contributed by atoms with Crippen LogP contribution in [0.4, 0.5) is 10.7 Å². The number of rotatable bonds is 4. The summed E-state index contributed by atoms with van der Waals surface area (Å²) in [5.74, 6) is -0.218. The third-order valence-corrected chi connectivity index (χ3v) is 4.41. The number of amides is 1. The molecule has 1 aromatic heterocycles. The van der Waals surface area contributed by atoms with E-state index in [1.165, 1.54) is 11.3 Å². The first-order valence-electron chi connectivity index (χ1n) is 6.75. The fourth-order valence-corrected chi connectivity index (χ4v) is 3.28. The zero-order valence-electron chi connectivity index (χ0n) is 11.5. The molecule has 2 heterocycles. The van der Waals surface area contributed by atoms with E-state index in [2.05, 4.69) is 22.0 Å². The maximum Gasteiger partial charge on any atom is 0.263 e. The van der Waals surface area contributed by atoms with E-state index >= 15 is 0 Å². The Kier molecular flexibility index (Phi) is 4.82. The van der Waals surface area contributed by atoms with Crippen LogP contribution in [-0.2, 0) is 0 Å². The molecule has 0 saturated carbocycles. The number of carbonyl (C=O) groups excluding carboxylic acids is 1. The molecule has 1 fully saturated rings. The van der Waals surface area contributed by atoms with Crippen LogP contribution in [-0.4, -0.2) is 31.6 Å². The Morgan fingerprint density at radius 3 is 2.85 bits per heavy atom. The van der Waals surface area contributed by atoms with E-state index in [1.54, 1.807) is 0 Å². The maximum atomic E-state index is 11.9. The van der Waals surface area contributed by atoms with Crippen molar-refractivity contribution in [2.24, 2.45) is 0 Å². The van der Waals surface area contributed by atoms with E-state index in [-0.39, 0.29) is 11.6 Å². The second kappa shape index (κ2) is 6.59. The number of nitrogens with one attached hydrogen (secondary N) is 3. The number of nitrogens with zero attached hydrogens (tertiary/aromatic N) is 1. The largest absolute Gasteiger partial charge is 0.396 e. The molecule has 0 unspecified atom stereocenters. The molecular formula is C13H19N5OS. The number of piperidine rings is 1. The van der Waals surface area contributed by atoms with Crippen molar-refractivity contribution in [2.75, 3.05) is 30.7 Å². The number of anilines is 2. The molecule has 5 N–H and O–H groups in total. The average Bonchev–Trinajstić information content (AvgIpc) is 2.76. The van der Waals surface area contributed by atoms with E-state index in [0.717, 1.165) is 25.9 Å². The maximum absolute atomic E-state index is 11.9. The van der Waals surface area contributed by atoms with Crippen LogP contribution in [0, 0.1) is 11.3 Å². The van der Waals surface area contributed by atoms with Gasteiger partial charge >= 0.3 is 0 Å². The molecule has 1 aromatic rings. The highest BCUT2D eigenvalue weighted by atomic mass is 32.1. The molecule has 1 amide bonds. The SMILES string of the molecule is CCNC(=O)c1sc(NC2CCNCC2)c(C#N)c1N. The smallest absolute Gasteiger partial charge is 0.263 e. The van der Waals surface area contributed by atoms with Gasteiger partial charge in [0.05, 0.1) is 5.69 Å². The Balaban J connectivity index is 2.21. The average molecular weight is 293 g/mol. The van der Waals surface area contributed by atoms with Gasteiger partial charge in [-0.2, -0.15) is 5.26 Å². The van der Waals surface area contributed by atoms with Gasteiger partial charge in [0.2, 0.25) is 0 Å². The number of nitrogens with two attached hydrogens (primary N) is 1. The molecule has 0 atom stereocenters. The number of nitriles is 1. The summed E-state index contributed by atoms with van der Waals surface area (Å²) in [6.07, 6.45) is 2.00. The molecule has 0 spiro atoms. The molecule has 0 radical (unpaired) electrons. The predicted octanol–water partition coefficient (Wildman–Crippen LogP) is 1.12. The highest BCUT2D eigenvalue weighted by Gasteiger charge is 2.23. The minimum atomic E-state index is -0.218. The minimum Gasteiger partial charge on any atom is -0.396 e. The van der Waals surface area contributed by atoms with Crippen molar-refractivity contribution in [2.45, 2.75) is 25.8 Å². The van der Waals surface area contributed by atoms with Crippen LogP contribution < -0.4 is 21.7 Å². The second-order valence-corrected chi connectivity index (χ2v) is 5.71. The molecule has 1 saturated heterocycles. The lowest BCUT2D eigenvalue weighted by atomic mass is 10.1. The normalized spacial score (nSPS) is 15.6. The summed E-state index contributed by atoms with van der Waals surface area (Å²) in [6.45, 7) is 4.31. The van der Waals surface area contributed by atoms with Crippen LogP contribution in [0.5, 0.6) is 0 Å². The van der Waals surface area contributed by atoms with Gasteiger partial charge < -0.3 is 21.7 Å². The number of hydrogen-bond acceptors (Lipinski definition) is 6. The van der Waals surface area contributed by atoms with Gasteiger partial charge in [0.25, 0.3) is 5.91 Å². The number of hydrogen-bond donors (Lipinski definition) is 4. The first-order chi connectivity index (χ1) is 9.67. The topological polar surface area (TPSA) is 103 Å². The lowest BCUT2D eigenvalue weighted by Crippen LogP contribution is -2.35. The van der Waals surface area contributed by atoms with Crippen LogP contribution in [0.25, 0.3) is 0 Å². The molecular weight excluding hydrogens is 274 g/mol. The van der Waals surface area contributed by atoms with Crippen molar-refractivity contribution >= 4 is 27.9 Å². The van der Waals surface area contributed by atoms with Crippen LogP contribution in [0.15, 0.2) is 0 Å². The highest BCUT2D eigenvalue weighted by molar-refractivity contribution is 7.18. The Morgan fingerprint density at radius 1 is 1.55 bits per heavy atom. The lowest BCUT2D eigenvalue weighted by Gasteiger charge is -2.24. The first kappa shape index (κ1) is 14.6. The quantitative estimate of drug-likeness (QED) is 0.666. The Labute approximate surface area is 122 Å². The molecule has 0 aliphatic carbocycles.